The number of carbonyl (C=O) groups is 1. The number of rotatable bonds is 4. The molecule has 2 N–H and O–H groups in total. The zero-order valence-corrected chi connectivity index (χ0v) is 9.09. The van der Waals surface area contributed by atoms with Crippen LogP contribution in [-0.4, -0.2) is 11.4 Å². The minimum absolute atomic E-state index is 0.116. The van der Waals surface area contributed by atoms with E-state index < -0.39 is 13.0 Å². The SMILES string of the molecule is Nc1ccccc1[P+](=O)CCC(=O)Cl. The van der Waals surface area contributed by atoms with Crippen LogP contribution in [-0.2, 0) is 9.36 Å². The van der Waals surface area contributed by atoms with E-state index in [2.05, 4.69) is 0 Å². The Morgan fingerprint density at radius 2 is 2.07 bits per heavy atom. The fraction of sp³-hybridized carbons (Fsp3) is 0.222. The quantitative estimate of drug-likeness (QED) is 0.488. The number of para-hydroxylation sites is 1. The maximum atomic E-state index is 11.6. The molecule has 0 fully saturated rings. The number of carbonyl (C=O) groups excluding carboxylic acids is 1. The minimum Gasteiger partial charge on any atom is -0.395 e. The molecule has 0 radical (unpaired) electrons. The Bertz CT molecular complexity index is 368. The topological polar surface area (TPSA) is 60.2 Å². The van der Waals surface area contributed by atoms with Crippen LogP contribution in [0.3, 0.4) is 0 Å². The lowest BCUT2D eigenvalue weighted by molar-refractivity contribution is -0.111. The van der Waals surface area contributed by atoms with E-state index in [1.54, 1.807) is 24.3 Å². The van der Waals surface area contributed by atoms with Gasteiger partial charge in [0, 0.05) is 0 Å². The Hall–Kier alpha value is -0.920. The third-order valence-electron chi connectivity index (χ3n) is 1.72. The Labute approximate surface area is 88.0 Å². The summed E-state index contributed by atoms with van der Waals surface area (Å²) in [6.07, 6.45) is 0.372. The van der Waals surface area contributed by atoms with Crippen molar-refractivity contribution in [2.24, 2.45) is 0 Å². The molecule has 0 aromatic heterocycles. The number of benzene rings is 1. The zero-order valence-electron chi connectivity index (χ0n) is 7.44. The first-order chi connectivity index (χ1) is 6.61. The summed E-state index contributed by atoms with van der Waals surface area (Å²) in [7, 11) is -1.61. The van der Waals surface area contributed by atoms with Crippen LogP contribution in [0.15, 0.2) is 24.3 Å². The van der Waals surface area contributed by atoms with Crippen LogP contribution >= 0.6 is 19.4 Å². The maximum absolute atomic E-state index is 11.6. The number of nitrogen functional groups attached to an aromatic ring is 1. The summed E-state index contributed by atoms with van der Waals surface area (Å²) in [5.41, 5.74) is 6.12. The van der Waals surface area contributed by atoms with Gasteiger partial charge in [-0.2, -0.15) is 0 Å². The van der Waals surface area contributed by atoms with Gasteiger partial charge in [-0.05, 0) is 23.7 Å². The van der Waals surface area contributed by atoms with E-state index in [0.29, 0.717) is 11.0 Å². The average Bonchev–Trinajstić information content (AvgIpc) is 2.15. The van der Waals surface area contributed by atoms with Gasteiger partial charge in [0.05, 0.1) is 12.1 Å². The van der Waals surface area contributed by atoms with Crippen molar-refractivity contribution < 1.29 is 9.36 Å². The van der Waals surface area contributed by atoms with Crippen LogP contribution in [0.5, 0.6) is 0 Å². The number of hydrogen-bond donors (Lipinski definition) is 1. The second-order valence-corrected chi connectivity index (χ2v) is 4.87. The smallest absolute Gasteiger partial charge is 0.379 e. The van der Waals surface area contributed by atoms with Crippen molar-refractivity contribution in [1.82, 2.24) is 0 Å². The molecule has 0 bridgehead atoms. The van der Waals surface area contributed by atoms with Gasteiger partial charge in [0.1, 0.15) is 0 Å². The number of hydrogen-bond acceptors (Lipinski definition) is 3. The number of halogens is 1. The van der Waals surface area contributed by atoms with Crippen molar-refractivity contribution in [3.8, 4) is 0 Å². The van der Waals surface area contributed by atoms with Gasteiger partial charge in [-0.15, -0.1) is 0 Å². The monoisotopic (exact) mass is 230 g/mol. The molecular formula is C9H10ClNO2P+. The molecule has 0 amide bonds. The highest BCUT2D eigenvalue weighted by Gasteiger charge is 2.22. The molecule has 1 rings (SSSR count). The summed E-state index contributed by atoms with van der Waals surface area (Å²) >= 11 is 5.15. The largest absolute Gasteiger partial charge is 0.395 e. The molecule has 1 aromatic carbocycles. The summed E-state index contributed by atoms with van der Waals surface area (Å²) in [5.74, 6) is 0. The van der Waals surface area contributed by atoms with E-state index in [-0.39, 0.29) is 12.6 Å². The van der Waals surface area contributed by atoms with Gasteiger partial charge in [-0.1, -0.05) is 16.7 Å². The van der Waals surface area contributed by atoms with Crippen LogP contribution in [0.2, 0.25) is 0 Å². The van der Waals surface area contributed by atoms with E-state index in [1.165, 1.54) is 0 Å². The Kier molecular flexibility index (Phi) is 4.05. The fourth-order valence-electron chi connectivity index (χ4n) is 1.02. The van der Waals surface area contributed by atoms with Crippen molar-refractivity contribution >= 4 is 35.6 Å². The zero-order chi connectivity index (χ0) is 10.6. The van der Waals surface area contributed by atoms with Gasteiger partial charge < -0.3 is 5.73 Å². The summed E-state index contributed by atoms with van der Waals surface area (Å²) in [5, 5.41) is 0.128. The second kappa shape index (κ2) is 5.08. The highest BCUT2D eigenvalue weighted by atomic mass is 35.5. The van der Waals surface area contributed by atoms with Crippen molar-refractivity contribution in [2.45, 2.75) is 6.42 Å². The number of nitrogens with two attached hydrogens (primary N) is 1. The fourth-order valence-corrected chi connectivity index (χ4v) is 2.51. The summed E-state index contributed by atoms with van der Waals surface area (Å²) in [4.78, 5) is 10.5. The highest BCUT2D eigenvalue weighted by molar-refractivity contribution is 7.53. The molecule has 0 aliphatic heterocycles. The minimum atomic E-state index is -1.61. The molecule has 14 heavy (non-hydrogen) atoms. The van der Waals surface area contributed by atoms with E-state index in [4.69, 9.17) is 17.3 Å². The predicted molar refractivity (Wildman–Crippen MR) is 58.4 cm³/mol. The first-order valence-electron chi connectivity index (χ1n) is 4.09. The van der Waals surface area contributed by atoms with Crippen LogP contribution < -0.4 is 11.0 Å². The summed E-state index contributed by atoms with van der Waals surface area (Å²) in [6.45, 7) is 0. The number of anilines is 1. The lowest BCUT2D eigenvalue weighted by atomic mass is 10.3. The van der Waals surface area contributed by atoms with Crippen molar-refractivity contribution in [3.63, 3.8) is 0 Å². The van der Waals surface area contributed by atoms with Crippen LogP contribution in [0.4, 0.5) is 5.69 Å². The van der Waals surface area contributed by atoms with Gasteiger partial charge >= 0.3 is 7.80 Å². The first kappa shape index (κ1) is 11.2. The lowest BCUT2D eigenvalue weighted by Crippen LogP contribution is -2.06. The molecule has 0 saturated heterocycles. The molecule has 74 valence electrons. The average molecular weight is 231 g/mol. The van der Waals surface area contributed by atoms with E-state index in [0.717, 1.165) is 0 Å². The molecule has 3 nitrogen and oxygen atoms in total. The Morgan fingerprint density at radius 3 is 2.64 bits per heavy atom. The molecule has 0 aliphatic rings. The molecule has 0 aliphatic carbocycles. The molecular weight excluding hydrogens is 221 g/mol. The first-order valence-corrected chi connectivity index (χ1v) is 5.91. The van der Waals surface area contributed by atoms with Gasteiger partial charge in [-0.25, -0.2) is 0 Å². The molecule has 0 saturated carbocycles. The standard InChI is InChI=1S/C9H10ClNO2P/c10-9(12)5-6-14(13)8-4-2-1-3-7(8)11/h1-4H,5-6,11H2/q+1. The van der Waals surface area contributed by atoms with Crippen LogP contribution in [0.25, 0.3) is 0 Å². The van der Waals surface area contributed by atoms with Gasteiger partial charge in [0.25, 0.3) is 0 Å². The molecule has 0 heterocycles. The normalized spacial score (nSPS) is 11.1. The van der Waals surface area contributed by atoms with E-state index >= 15 is 0 Å². The molecule has 1 atom stereocenters. The molecule has 1 aromatic rings. The summed E-state index contributed by atoms with van der Waals surface area (Å²) < 4.78 is 11.6. The van der Waals surface area contributed by atoms with Crippen LogP contribution in [0.1, 0.15) is 6.42 Å². The highest BCUT2D eigenvalue weighted by Crippen LogP contribution is 2.24. The predicted octanol–water partition coefficient (Wildman–Crippen LogP) is 1.88. The van der Waals surface area contributed by atoms with Gasteiger partial charge in [0.15, 0.2) is 6.16 Å². The van der Waals surface area contributed by atoms with E-state index in [1.807, 2.05) is 0 Å². The lowest BCUT2D eigenvalue weighted by Gasteiger charge is -1.92. The van der Waals surface area contributed by atoms with Crippen molar-refractivity contribution in [1.29, 1.82) is 0 Å². The maximum Gasteiger partial charge on any atom is 0.379 e. The summed E-state index contributed by atoms with van der Waals surface area (Å²) in [6, 6.07) is 6.92. The van der Waals surface area contributed by atoms with Gasteiger partial charge in [0.2, 0.25) is 10.5 Å². The Morgan fingerprint density at radius 1 is 1.43 bits per heavy atom. The molecule has 0 spiro atoms. The van der Waals surface area contributed by atoms with E-state index in [9.17, 15) is 9.36 Å². The third kappa shape index (κ3) is 3.09. The van der Waals surface area contributed by atoms with Gasteiger partial charge in [-0.3, -0.25) is 4.79 Å². The molecule has 1 unspecified atom stereocenters. The van der Waals surface area contributed by atoms with Crippen molar-refractivity contribution in [2.75, 3.05) is 11.9 Å². The van der Waals surface area contributed by atoms with Crippen molar-refractivity contribution in [3.05, 3.63) is 24.3 Å². The molecule has 5 heteroatoms. The van der Waals surface area contributed by atoms with Crippen LogP contribution in [0, 0.1) is 0 Å². The third-order valence-corrected chi connectivity index (χ3v) is 3.48. The second-order valence-electron chi connectivity index (χ2n) is 2.77. The Balaban J connectivity index is 2.70.